The standard InChI is InChI=1S/C13H20OSi/c1-4-8-13(11-14)15(2,3)12-9-6-5-7-10-12/h4-10,13-14H,11H2,1-3H3/b8-4+/t13-/m0/s1. The monoisotopic (exact) mass is 220 g/mol. The van der Waals surface area contributed by atoms with Crippen LogP contribution in [0.3, 0.4) is 0 Å². The van der Waals surface area contributed by atoms with Gasteiger partial charge in [-0.25, -0.2) is 0 Å². The zero-order chi connectivity index (χ0) is 11.3. The molecule has 0 bridgehead atoms. The van der Waals surface area contributed by atoms with Gasteiger partial charge in [-0.1, -0.05) is 60.8 Å². The van der Waals surface area contributed by atoms with Crippen LogP contribution in [0, 0.1) is 0 Å². The Balaban J connectivity index is 3.00. The van der Waals surface area contributed by atoms with Crippen LogP contribution >= 0.6 is 0 Å². The van der Waals surface area contributed by atoms with Gasteiger partial charge in [0.05, 0.1) is 8.07 Å². The van der Waals surface area contributed by atoms with Crippen molar-refractivity contribution >= 4 is 13.3 Å². The summed E-state index contributed by atoms with van der Waals surface area (Å²) in [5.41, 5.74) is 0.310. The molecule has 1 atom stereocenters. The van der Waals surface area contributed by atoms with Crippen LogP contribution in [0.5, 0.6) is 0 Å². The van der Waals surface area contributed by atoms with E-state index in [1.165, 1.54) is 5.19 Å². The van der Waals surface area contributed by atoms with E-state index < -0.39 is 8.07 Å². The average Bonchev–Trinajstić information content (AvgIpc) is 2.27. The molecule has 0 spiro atoms. The predicted molar refractivity (Wildman–Crippen MR) is 69.2 cm³/mol. The van der Waals surface area contributed by atoms with Crippen LogP contribution in [0.25, 0.3) is 0 Å². The van der Waals surface area contributed by atoms with Crippen LogP contribution in [0.15, 0.2) is 42.5 Å². The molecule has 0 aromatic heterocycles. The van der Waals surface area contributed by atoms with Gasteiger partial charge in [0.1, 0.15) is 0 Å². The third kappa shape index (κ3) is 2.80. The second kappa shape index (κ2) is 5.28. The molecule has 1 aromatic rings. The first-order valence-corrected chi connectivity index (χ1v) is 8.50. The van der Waals surface area contributed by atoms with E-state index in [9.17, 15) is 5.11 Å². The van der Waals surface area contributed by atoms with Crippen LogP contribution < -0.4 is 5.19 Å². The topological polar surface area (TPSA) is 20.2 Å². The van der Waals surface area contributed by atoms with Gasteiger partial charge in [-0.05, 0) is 12.5 Å². The Labute approximate surface area is 93.5 Å². The first-order valence-electron chi connectivity index (χ1n) is 5.42. The molecule has 1 nitrogen and oxygen atoms in total. The zero-order valence-corrected chi connectivity index (χ0v) is 10.8. The van der Waals surface area contributed by atoms with Crippen LogP contribution in [-0.2, 0) is 0 Å². The van der Waals surface area contributed by atoms with Crippen molar-refractivity contribution in [2.24, 2.45) is 0 Å². The lowest BCUT2D eigenvalue weighted by Gasteiger charge is -2.29. The van der Waals surface area contributed by atoms with Crippen molar-refractivity contribution in [1.29, 1.82) is 0 Å². The summed E-state index contributed by atoms with van der Waals surface area (Å²) >= 11 is 0. The SMILES string of the molecule is C/C=C/[C@@H](CO)[Si](C)(C)c1ccccc1. The fraction of sp³-hybridized carbons (Fsp3) is 0.385. The van der Waals surface area contributed by atoms with Crippen LogP contribution in [-0.4, -0.2) is 19.8 Å². The molecule has 0 saturated heterocycles. The van der Waals surface area contributed by atoms with Crippen LogP contribution in [0.2, 0.25) is 18.6 Å². The van der Waals surface area contributed by atoms with Crippen LogP contribution in [0.1, 0.15) is 6.92 Å². The van der Waals surface area contributed by atoms with E-state index in [4.69, 9.17) is 0 Å². The van der Waals surface area contributed by atoms with Gasteiger partial charge in [-0.3, -0.25) is 0 Å². The molecular formula is C13H20OSi. The van der Waals surface area contributed by atoms with Crippen molar-refractivity contribution in [3.63, 3.8) is 0 Å². The lowest BCUT2D eigenvalue weighted by molar-refractivity contribution is 0.300. The molecule has 0 saturated carbocycles. The number of aliphatic hydroxyl groups is 1. The number of hydrogen-bond acceptors (Lipinski definition) is 1. The fourth-order valence-electron chi connectivity index (χ4n) is 1.84. The summed E-state index contributed by atoms with van der Waals surface area (Å²) in [6, 6.07) is 10.6. The first kappa shape index (κ1) is 12.2. The molecule has 15 heavy (non-hydrogen) atoms. The largest absolute Gasteiger partial charge is 0.396 e. The lowest BCUT2D eigenvalue weighted by atomic mass is 10.4. The minimum atomic E-state index is -1.57. The molecule has 0 aliphatic carbocycles. The Hall–Kier alpha value is -0.863. The first-order chi connectivity index (χ1) is 7.12. The van der Waals surface area contributed by atoms with Crippen LogP contribution in [0.4, 0.5) is 0 Å². The van der Waals surface area contributed by atoms with E-state index in [2.05, 4.69) is 43.4 Å². The summed E-state index contributed by atoms with van der Waals surface area (Å²) in [7, 11) is -1.57. The highest BCUT2D eigenvalue weighted by molar-refractivity contribution is 6.91. The molecule has 0 aliphatic heterocycles. The Kier molecular flexibility index (Phi) is 4.30. The van der Waals surface area contributed by atoms with Crippen molar-refractivity contribution in [2.75, 3.05) is 6.61 Å². The van der Waals surface area contributed by atoms with Crippen molar-refractivity contribution < 1.29 is 5.11 Å². The molecule has 0 fully saturated rings. The lowest BCUT2D eigenvalue weighted by Crippen LogP contribution is -2.46. The molecular weight excluding hydrogens is 200 g/mol. The normalized spacial score (nSPS) is 14.4. The maximum Gasteiger partial charge on any atom is 0.0898 e. The Bertz CT molecular complexity index is 317. The van der Waals surface area contributed by atoms with Gasteiger partial charge in [0.15, 0.2) is 0 Å². The molecule has 82 valence electrons. The molecule has 0 heterocycles. The molecule has 2 heteroatoms. The number of rotatable bonds is 4. The molecule has 1 aromatic carbocycles. The highest BCUT2D eigenvalue weighted by Crippen LogP contribution is 2.22. The number of benzene rings is 1. The number of hydrogen-bond donors (Lipinski definition) is 1. The minimum Gasteiger partial charge on any atom is -0.396 e. The van der Waals surface area contributed by atoms with Crippen molar-refractivity contribution in [2.45, 2.75) is 25.6 Å². The van der Waals surface area contributed by atoms with Crippen molar-refractivity contribution in [3.05, 3.63) is 42.5 Å². The van der Waals surface area contributed by atoms with E-state index in [0.717, 1.165) is 0 Å². The zero-order valence-electron chi connectivity index (χ0n) is 9.77. The quantitative estimate of drug-likeness (QED) is 0.611. The van der Waals surface area contributed by atoms with Crippen molar-refractivity contribution in [1.82, 2.24) is 0 Å². The summed E-state index contributed by atoms with van der Waals surface area (Å²) in [4.78, 5) is 0. The van der Waals surface area contributed by atoms with E-state index in [1.807, 2.05) is 19.1 Å². The molecule has 0 amide bonds. The predicted octanol–water partition coefficient (Wildman–Crippen LogP) is 2.54. The highest BCUT2D eigenvalue weighted by Gasteiger charge is 2.30. The summed E-state index contributed by atoms with van der Waals surface area (Å²) in [6.07, 6.45) is 4.18. The third-order valence-corrected chi connectivity index (χ3v) is 7.12. The van der Waals surface area contributed by atoms with Gasteiger partial charge in [0.25, 0.3) is 0 Å². The van der Waals surface area contributed by atoms with Crippen molar-refractivity contribution in [3.8, 4) is 0 Å². The molecule has 1 N–H and O–H groups in total. The van der Waals surface area contributed by atoms with Gasteiger partial charge < -0.3 is 5.11 Å². The second-order valence-electron chi connectivity index (χ2n) is 4.40. The summed E-state index contributed by atoms with van der Waals surface area (Å²) in [5, 5.41) is 10.8. The van der Waals surface area contributed by atoms with Gasteiger partial charge in [0, 0.05) is 6.61 Å². The number of allylic oxidation sites excluding steroid dienone is 1. The summed E-state index contributed by atoms with van der Waals surface area (Å²) in [5.74, 6) is 0. The molecule has 0 aliphatic rings. The summed E-state index contributed by atoms with van der Waals surface area (Å²) < 4.78 is 0. The fourth-order valence-corrected chi connectivity index (χ4v) is 4.45. The van der Waals surface area contributed by atoms with Gasteiger partial charge in [-0.15, -0.1) is 0 Å². The van der Waals surface area contributed by atoms with Gasteiger partial charge in [-0.2, -0.15) is 0 Å². The Morgan fingerprint density at radius 2 is 1.87 bits per heavy atom. The summed E-state index contributed by atoms with van der Waals surface area (Å²) in [6.45, 7) is 6.88. The average molecular weight is 220 g/mol. The molecule has 0 radical (unpaired) electrons. The number of aliphatic hydroxyl groups excluding tert-OH is 1. The highest BCUT2D eigenvalue weighted by atomic mass is 28.3. The van der Waals surface area contributed by atoms with E-state index in [0.29, 0.717) is 5.54 Å². The maximum atomic E-state index is 9.44. The Morgan fingerprint density at radius 1 is 1.27 bits per heavy atom. The Morgan fingerprint density at radius 3 is 2.33 bits per heavy atom. The van der Waals surface area contributed by atoms with Gasteiger partial charge in [0.2, 0.25) is 0 Å². The van der Waals surface area contributed by atoms with E-state index in [-0.39, 0.29) is 6.61 Å². The maximum absolute atomic E-state index is 9.44. The van der Waals surface area contributed by atoms with Gasteiger partial charge >= 0.3 is 0 Å². The second-order valence-corrected chi connectivity index (χ2v) is 9.16. The third-order valence-electron chi connectivity index (χ3n) is 3.07. The molecule has 0 unspecified atom stereocenters. The van der Waals surface area contributed by atoms with E-state index >= 15 is 0 Å². The smallest absolute Gasteiger partial charge is 0.0898 e. The molecule has 1 rings (SSSR count). The minimum absolute atomic E-state index is 0.248. The van der Waals surface area contributed by atoms with E-state index in [1.54, 1.807) is 0 Å².